The van der Waals surface area contributed by atoms with E-state index in [0.717, 1.165) is 84.1 Å². The van der Waals surface area contributed by atoms with Gasteiger partial charge in [0.25, 0.3) is 0 Å². The highest BCUT2D eigenvalue weighted by molar-refractivity contribution is 5.80. The molecule has 3 aliphatic heterocycles. The Kier molecular flexibility index (Phi) is 7.13. The number of nitrogens with one attached hydrogen (secondary N) is 1. The molecule has 0 saturated carbocycles. The zero-order valence-electron chi connectivity index (χ0n) is 15.7. The van der Waals surface area contributed by atoms with Crippen LogP contribution in [0.5, 0.6) is 0 Å². The summed E-state index contributed by atoms with van der Waals surface area (Å²) in [4.78, 5) is 12.3. The number of rotatable bonds is 6. The second-order valence-electron chi connectivity index (χ2n) is 7.48. The van der Waals surface area contributed by atoms with Gasteiger partial charge in [-0.15, -0.1) is 0 Å². The van der Waals surface area contributed by atoms with E-state index in [4.69, 9.17) is 4.99 Å². The number of likely N-dealkylation sites (tertiary alicyclic amines) is 2. The Labute approximate surface area is 152 Å². The lowest BCUT2D eigenvalue weighted by Gasteiger charge is -2.29. The standard InChI is InChI=1S/C19H35N5O/c1-2-20-19(21-9-5-10-22-13-7-18(25)8-14-22)24-15-6-17(16-24)23-11-3-4-12-23/h3-4,17-18,25H,2,5-16H2,1H3,(H,20,21). The van der Waals surface area contributed by atoms with Crippen molar-refractivity contribution in [3.05, 3.63) is 12.2 Å². The lowest BCUT2D eigenvalue weighted by atomic mass is 10.1. The third kappa shape index (κ3) is 5.43. The molecule has 6 heteroatoms. The number of hydrogen-bond acceptors (Lipinski definition) is 4. The number of aliphatic hydroxyl groups excluding tert-OH is 1. The zero-order chi connectivity index (χ0) is 17.5. The van der Waals surface area contributed by atoms with Gasteiger partial charge < -0.3 is 20.2 Å². The number of piperidine rings is 1. The Balaban J connectivity index is 1.41. The van der Waals surface area contributed by atoms with E-state index in [-0.39, 0.29) is 6.10 Å². The summed E-state index contributed by atoms with van der Waals surface area (Å²) in [6.45, 7) is 11.5. The molecule has 142 valence electrons. The van der Waals surface area contributed by atoms with Crippen LogP contribution >= 0.6 is 0 Å². The lowest BCUT2D eigenvalue weighted by molar-refractivity contribution is 0.0824. The van der Waals surface area contributed by atoms with Gasteiger partial charge in [0.15, 0.2) is 5.96 Å². The van der Waals surface area contributed by atoms with Gasteiger partial charge in [-0.25, -0.2) is 0 Å². The maximum atomic E-state index is 9.58. The predicted octanol–water partition coefficient (Wildman–Crippen LogP) is 0.745. The van der Waals surface area contributed by atoms with Crippen molar-refractivity contribution in [3.8, 4) is 0 Å². The Hall–Kier alpha value is -1.11. The van der Waals surface area contributed by atoms with Crippen LogP contribution in [0.15, 0.2) is 17.1 Å². The molecule has 3 rings (SSSR count). The van der Waals surface area contributed by atoms with Crippen molar-refractivity contribution >= 4 is 5.96 Å². The number of aliphatic imine (C=N–C) groups is 1. The summed E-state index contributed by atoms with van der Waals surface area (Å²) in [7, 11) is 0. The molecule has 2 N–H and O–H groups in total. The molecule has 6 nitrogen and oxygen atoms in total. The van der Waals surface area contributed by atoms with Crippen molar-refractivity contribution in [2.75, 3.05) is 58.9 Å². The normalized spacial score (nSPS) is 26.7. The molecule has 2 saturated heterocycles. The Morgan fingerprint density at radius 3 is 2.64 bits per heavy atom. The molecule has 0 aromatic carbocycles. The van der Waals surface area contributed by atoms with Crippen molar-refractivity contribution in [3.63, 3.8) is 0 Å². The van der Waals surface area contributed by atoms with Crippen LogP contribution in [0.25, 0.3) is 0 Å². The first kappa shape index (κ1) is 18.7. The summed E-state index contributed by atoms with van der Waals surface area (Å²) < 4.78 is 0. The number of guanidine groups is 1. The third-order valence-electron chi connectivity index (χ3n) is 5.61. The summed E-state index contributed by atoms with van der Waals surface area (Å²) in [5.41, 5.74) is 0. The van der Waals surface area contributed by atoms with Gasteiger partial charge in [-0.05, 0) is 39.2 Å². The Morgan fingerprint density at radius 2 is 1.92 bits per heavy atom. The molecule has 0 amide bonds. The van der Waals surface area contributed by atoms with Gasteiger partial charge in [0, 0.05) is 58.4 Å². The van der Waals surface area contributed by atoms with Gasteiger partial charge in [0.2, 0.25) is 0 Å². The van der Waals surface area contributed by atoms with Crippen molar-refractivity contribution in [1.82, 2.24) is 20.0 Å². The lowest BCUT2D eigenvalue weighted by Crippen LogP contribution is -2.43. The van der Waals surface area contributed by atoms with Gasteiger partial charge in [0.1, 0.15) is 0 Å². The molecular formula is C19H35N5O. The van der Waals surface area contributed by atoms with E-state index in [1.54, 1.807) is 0 Å². The van der Waals surface area contributed by atoms with Crippen LogP contribution in [0.1, 0.15) is 32.6 Å². The average Bonchev–Trinajstić information content (AvgIpc) is 3.30. The van der Waals surface area contributed by atoms with E-state index in [0.29, 0.717) is 6.04 Å². The van der Waals surface area contributed by atoms with Gasteiger partial charge in [-0.2, -0.15) is 0 Å². The maximum Gasteiger partial charge on any atom is 0.193 e. The molecule has 0 aromatic rings. The molecule has 0 spiro atoms. The van der Waals surface area contributed by atoms with Crippen LogP contribution in [0.3, 0.4) is 0 Å². The Bertz CT molecular complexity index is 451. The van der Waals surface area contributed by atoms with Crippen molar-refractivity contribution in [2.24, 2.45) is 4.99 Å². The maximum absolute atomic E-state index is 9.58. The third-order valence-corrected chi connectivity index (χ3v) is 5.61. The number of aliphatic hydroxyl groups is 1. The molecule has 0 radical (unpaired) electrons. The van der Waals surface area contributed by atoms with Crippen LogP contribution in [0.2, 0.25) is 0 Å². The second kappa shape index (κ2) is 9.55. The molecule has 0 aromatic heterocycles. The average molecular weight is 350 g/mol. The molecule has 3 aliphatic rings. The minimum absolute atomic E-state index is 0.0800. The molecular weight excluding hydrogens is 314 g/mol. The fourth-order valence-corrected chi connectivity index (χ4v) is 4.07. The van der Waals surface area contributed by atoms with Gasteiger partial charge >= 0.3 is 0 Å². The first-order valence-corrected chi connectivity index (χ1v) is 10.1. The van der Waals surface area contributed by atoms with Crippen LogP contribution in [0.4, 0.5) is 0 Å². The van der Waals surface area contributed by atoms with E-state index in [2.05, 4.69) is 39.1 Å². The molecule has 3 heterocycles. The molecule has 1 unspecified atom stereocenters. The summed E-state index contributed by atoms with van der Waals surface area (Å²) >= 11 is 0. The van der Waals surface area contributed by atoms with Crippen molar-refractivity contribution in [2.45, 2.75) is 44.8 Å². The van der Waals surface area contributed by atoms with Gasteiger partial charge in [-0.3, -0.25) is 9.89 Å². The van der Waals surface area contributed by atoms with E-state index < -0.39 is 0 Å². The van der Waals surface area contributed by atoms with Crippen molar-refractivity contribution in [1.29, 1.82) is 0 Å². The van der Waals surface area contributed by atoms with Crippen molar-refractivity contribution < 1.29 is 5.11 Å². The zero-order valence-corrected chi connectivity index (χ0v) is 15.7. The van der Waals surface area contributed by atoms with Crippen LogP contribution < -0.4 is 5.32 Å². The van der Waals surface area contributed by atoms with Crippen LogP contribution in [-0.2, 0) is 0 Å². The highest BCUT2D eigenvalue weighted by atomic mass is 16.3. The first-order valence-electron chi connectivity index (χ1n) is 10.1. The monoisotopic (exact) mass is 349 g/mol. The fourth-order valence-electron chi connectivity index (χ4n) is 4.07. The second-order valence-corrected chi connectivity index (χ2v) is 7.48. The largest absolute Gasteiger partial charge is 0.393 e. The minimum atomic E-state index is -0.0800. The summed E-state index contributed by atoms with van der Waals surface area (Å²) in [5, 5.41) is 13.1. The number of hydrogen-bond donors (Lipinski definition) is 2. The van der Waals surface area contributed by atoms with E-state index in [1.165, 1.54) is 6.42 Å². The van der Waals surface area contributed by atoms with E-state index in [1.807, 2.05) is 0 Å². The first-order chi connectivity index (χ1) is 12.3. The van der Waals surface area contributed by atoms with Crippen LogP contribution in [-0.4, -0.2) is 96.8 Å². The molecule has 2 fully saturated rings. The molecule has 1 atom stereocenters. The highest BCUT2D eigenvalue weighted by Gasteiger charge is 2.29. The fraction of sp³-hybridized carbons (Fsp3) is 0.842. The smallest absolute Gasteiger partial charge is 0.193 e. The quantitative estimate of drug-likeness (QED) is 0.321. The van der Waals surface area contributed by atoms with Crippen LogP contribution in [0, 0.1) is 0 Å². The summed E-state index contributed by atoms with van der Waals surface area (Å²) in [6.07, 6.45) is 8.66. The van der Waals surface area contributed by atoms with E-state index >= 15 is 0 Å². The molecule has 0 bridgehead atoms. The molecule has 25 heavy (non-hydrogen) atoms. The van der Waals surface area contributed by atoms with Gasteiger partial charge in [-0.1, -0.05) is 12.2 Å². The van der Waals surface area contributed by atoms with E-state index in [9.17, 15) is 5.11 Å². The SMILES string of the molecule is CCNC(=NCCCN1CCC(O)CC1)N1CCC(N2CC=CC2)C1. The molecule has 0 aliphatic carbocycles. The predicted molar refractivity (Wildman–Crippen MR) is 103 cm³/mol. The minimum Gasteiger partial charge on any atom is -0.393 e. The topological polar surface area (TPSA) is 54.3 Å². The highest BCUT2D eigenvalue weighted by Crippen LogP contribution is 2.18. The number of nitrogens with zero attached hydrogens (tertiary/aromatic N) is 4. The summed E-state index contributed by atoms with van der Waals surface area (Å²) in [6, 6.07) is 0.665. The summed E-state index contributed by atoms with van der Waals surface area (Å²) in [5.74, 6) is 1.09. The Morgan fingerprint density at radius 1 is 1.16 bits per heavy atom. The van der Waals surface area contributed by atoms with Gasteiger partial charge in [0.05, 0.1) is 6.10 Å².